The zero-order valence-corrected chi connectivity index (χ0v) is 11.5. The summed E-state index contributed by atoms with van der Waals surface area (Å²) >= 11 is 0. The molecule has 100 valence electrons. The topological polar surface area (TPSA) is 52.6 Å². The standard InChI is InChI=1S/C13H26N2O2/c1-10(2)15-6-5-11(8-15)7-14-9-13(3,4)12(16)17/h10-11,14H,5-9H2,1-4H3,(H,16,17). The lowest BCUT2D eigenvalue weighted by atomic mass is 9.93. The van der Waals surface area contributed by atoms with E-state index in [-0.39, 0.29) is 0 Å². The molecule has 4 heteroatoms. The number of rotatable bonds is 6. The zero-order valence-electron chi connectivity index (χ0n) is 11.5. The molecule has 1 atom stereocenters. The van der Waals surface area contributed by atoms with Crippen LogP contribution in [-0.2, 0) is 4.79 Å². The van der Waals surface area contributed by atoms with Gasteiger partial charge in [0.25, 0.3) is 0 Å². The van der Waals surface area contributed by atoms with Crippen molar-refractivity contribution in [2.45, 2.75) is 40.2 Å². The molecule has 1 aliphatic rings. The Morgan fingerprint density at radius 1 is 1.53 bits per heavy atom. The highest BCUT2D eigenvalue weighted by molar-refractivity contribution is 5.73. The van der Waals surface area contributed by atoms with E-state index in [4.69, 9.17) is 5.11 Å². The molecule has 0 aromatic carbocycles. The van der Waals surface area contributed by atoms with Crippen molar-refractivity contribution in [3.63, 3.8) is 0 Å². The van der Waals surface area contributed by atoms with Crippen LogP contribution in [0.2, 0.25) is 0 Å². The lowest BCUT2D eigenvalue weighted by Crippen LogP contribution is -2.38. The molecule has 1 unspecified atom stereocenters. The quantitative estimate of drug-likeness (QED) is 0.739. The third-order valence-electron chi connectivity index (χ3n) is 3.63. The van der Waals surface area contributed by atoms with Gasteiger partial charge in [-0.2, -0.15) is 0 Å². The van der Waals surface area contributed by atoms with Gasteiger partial charge >= 0.3 is 5.97 Å². The van der Waals surface area contributed by atoms with E-state index in [1.165, 1.54) is 13.0 Å². The lowest BCUT2D eigenvalue weighted by Gasteiger charge is -2.22. The van der Waals surface area contributed by atoms with Crippen LogP contribution in [-0.4, -0.2) is 48.2 Å². The van der Waals surface area contributed by atoms with Gasteiger partial charge in [-0.05, 0) is 53.1 Å². The Morgan fingerprint density at radius 2 is 2.18 bits per heavy atom. The minimum atomic E-state index is -0.736. The first kappa shape index (κ1) is 14.5. The van der Waals surface area contributed by atoms with Crippen LogP contribution >= 0.6 is 0 Å². The molecule has 0 bridgehead atoms. The van der Waals surface area contributed by atoms with Crippen LogP contribution in [0.15, 0.2) is 0 Å². The average Bonchev–Trinajstić information content (AvgIpc) is 2.66. The lowest BCUT2D eigenvalue weighted by molar-refractivity contribution is -0.146. The first-order valence-electron chi connectivity index (χ1n) is 6.51. The van der Waals surface area contributed by atoms with Crippen molar-refractivity contribution in [1.29, 1.82) is 0 Å². The normalized spacial score (nSPS) is 22.3. The molecular formula is C13H26N2O2. The Morgan fingerprint density at radius 3 is 2.65 bits per heavy atom. The zero-order chi connectivity index (χ0) is 13.1. The number of nitrogens with one attached hydrogen (secondary N) is 1. The first-order chi connectivity index (χ1) is 7.83. The van der Waals surface area contributed by atoms with E-state index < -0.39 is 11.4 Å². The van der Waals surface area contributed by atoms with Gasteiger partial charge in [-0.15, -0.1) is 0 Å². The minimum Gasteiger partial charge on any atom is -0.481 e. The van der Waals surface area contributed by atoms with Gasteiger partial charge in [0.05, 0.1) is 5.41 Å². The van der Waals surface area contributed by atoms with Crippen molar-refractivity contribution in [2.75, 3.05) is 26.2 Å². The van der Waals surface area contributed by atoms with Crippen molar-refractivity contribution in [3.05, 3.63) is 0 Å². The van der Waals surface area contributed by atoms with Crippen molar-refractivity contribution in [3.8, 4) is 0 Å². The first-order valence-corrected chi connectivity index (χ1v) is 6.51. The van der Waals surface area contributed by atoms with Crippen LogP contribution in [0.4, 0.5) is 0 Å². The van der Waals surface area contributed by atoms with E-state index in [0.717, 1.165) is 13.1 Å². The minimum absolute atomic E-state index is 0.542. The molecule has 2 N–H and O–H groups in total. The maximum Gasteiger partial charge on any atom is 0.310 e. The molecule has 1 saturated heterocycles. The van der Waals surface area contributed by atoms with Gasteiger partial charge in [0.15, 0.2) is 0 Å². The van der Waals surface area contributed by atoms with Gasteiger partial charge in [0, 0.05) is 19.1 Å². The van der Waals surface area contributed by atoms with Crippen LogP contribution < -0.4 is 5.32 Å². The molecule has 0 spiro atoms. The van der Waals surface area contributed by atoms with Crippen LogP contribution in [0.3, 0.4) is 0 Å². The fraction of sp³-hybridized carbons (Fsp3) is 0.923. The summed E-state index contributed by atoms with van der Waals surface area (Å²) in [5.74, 6) is -0.0674. The molecule has 1 fully saturated rings. The maximum absolute atomic E-state index is 10.9. The largest absolute Gasteiger partial charge is 0.481 e. The third kappa shape index (κ3) is 4.28. The molecule has 0 aromatic rings. The summed E-state index contributed by atoms with van der Waals surface area (Å²) in [5.41, 5.74) is -0.670. The molecule has 1 heterocycles. The predicted octanol–water partition coefficient (Wildman–Crippen LogP) is 1.42. The second-order valence-electron chi connectivity index (χ2n) is 6.06. The molecule has 0 amide bonds. The number of carbonyl (C=O) groups is 1. The fourth-order valence-electron chi connectivity index (χ4n) is 2.16. The van der Waals surface area contributed by atoms with E-state index >= 15 is 0 Å². The molecule has 1 aliphatic heterocycles. The SMILES string of the molecule is CC(C)N1CCC(CNCC(C)(C)C(=O)O)C1. The molecular weight excluding hydrogens is 216 g/mol. The number of nitrogens with zero attached hydrogens (tertiary/aromatic N) is 1. The Bertz CT molecular complexity index is 264. The summed E-state index contributed by atoms with van der Waals surface area (Å²) in [6.07, 6.45) is 1.22. The number of carboxylic acids is 1. The summed E-state index contributed by atoms with van der Waals surface area (Å²) in [7, 11) is 0. The van der Waals surface area contributed by atoms with Crippen molar-refractivity contribution in [1.82, 2.24) is 10.2 Å². The van der Waals surface area contributed by atoms with Crippen molar-refractivity contribution >= 4 is 5.97 Å². The van der Waals surface area contributed by atoms with E-state index in [1.54, 1.807) is 13.8 Å². The van der Waals surface area contributed by atoms with E-state index in [9.17, 15) is 4.79 Å². The summed E-state index contributed by atoms with van der Waals surface area (Å²) in [6, 6.07) is 0.621. The van der Waals surface area contributed by atoms with Gasteiger partial charge in [0.2, 0.25) is 0 Å². The predicted molar refractivity (Wildman–Crippen MR) is 69.1 cm³/mol. The van der Waals surface area contributed by atoms with E-state index in [2.05, 4.69) is 24.1 Å². The molecule has 17 heavy (non-hydrogen) atoms. The second kappa shape index (κ2) is 5.83. The van der Waals surface area contributed by atoms with E-state index in [1.807, 2.05) is 0 Å². The molecule has 0 aliphatic carbocycles. The Labute approximate surface area is 104 Å². The van der Waals surface area contributed by atoms with E-state index in [0.29, 0.717) is 18.5 Å². The van der Waals surface area contributed by atoms with Crippen LogP contribution in [0.25, 0.3) is 0 Å². The number of likely N-dealkylation sites (tertiary alicyclic amines) is 1. The number of hydrogen-bond donors (Lipinski definition) is 2. The number of aliphatic carboxylic acids is 1. The molecule has 0 saturated carbocycles. The summed E-state index contributed by atoms with van der Waals surface area (Å²) in [4.78, 5) is 13.4. The Kier molecular flexibility index (Phi) is 4.95. The smallest absolute Gasteiger partial charge is 0.310 e. The summed E-state index contributed by atoms with van der Waals surface area (Å²) in [5, 5.41) is 12.3. The van der Waals surface area contributed by atoms with Crippen molar-refractivity contribution < 1.29 is 9.90 Å². The monoisotopic (exact) mass is 242 g/mol. The highest BCUT2D eigenvalue weighted by atomic mass is 16.4. The fourth-order valence-corrected chi connectivity index (χ4v) is 2.16. The summed E-state index contributed by atoms with van der Waals surface area (Å²) < 4.78 is 0. The van der Waals surface area contributed by atoms with Gasteiger partial charge in [-0.1, -0.05) is 0 Å². The maximum atomic E-state index is 10.9. The second-order valence-corrected chi connectivity index (χ2v) is 6.06. The molecule has 0 radical (unpaired) electrons. The molecule has 0 aromatic heterocycles. The third-order valence-corrected chi connectivity index (χ3v) is 3.63. The molecule has 1 rings (SSSR count). The molecule has 4 nitrogen and oxygen atoms in total. The van der Waals surface area contributed by atoms with Crippen LogP contribution in [0.5, 0.6) is 0 Å². The van der Waals surface area contributed by atoms with Crippen LogP contribution in [0, 0.1) is 11.3 Å². The van der Waals surface area contributed by atoms with Gasteiger partial charge in [-0.3, -0.25) is 4.79 Å². The van der Waals surface area contributed by atoms with Gasteiger partial charge in [-0.25, -0.2) is 0 Å². The average molecular weight is 242 g/mol. The summed E-state index contributed by atoms with van der Waals surface area (Å²) in [6.45, 7) is 11.8. The highest BCUT2D eigenvalue weighted by Gasteiger charge is 2.28. The van der Waals surface area contributed by atoms with Gasteiger partial charge < -0.3 is 15.3 Å². The van der Waals surface area contributed by atoms with Gasteiger partial charge in [0.1, 0.15) is 0 Å². The number of carboxylic acid groups (broad SMARTS) is 1. The number of hydrogen-bond acceptors (Lipinski definition) is 3. The Hall–Kier alpha value is -0.610. The highest BCUT2D eigenvalue weighted by Crippen LogP contribution is 2.18. The van der Waals surface area contributed by atoms with Crippen LogP contribution in [0.1, 0.15) is 34.1 Å². The van der Waals surface area contributed by atoms with Crippen molar-refractivity contribution in [2.24, 2.45) is 11.3 Å². The Balaban J connectivity index is 2.23.